The van der Waals surface area contributed by atoms with E-state index in [1.807, 2.05) is 31.3 Å². The molecule has 0 amide bonds. The van der Waals surface area contributed by atoms with Crippen LogP contribution in [0.2, 0.25) is 0 Å². The Balaban J connectivity index is 1.06. The largest absolute Gasteiger partial charge is 0.490 e. The third-order valence-electron chi connectivity index (χ3n) is 8.66. The number of rotatable bonds is 8. The molecule has 0 unspecified atom stereocenters. The lowest BCUT2D eigenvalue weighted by atomic mass is 9.76. The highest BCUT2D eigenvalue weighted by atomic mass is 16.5. The van der Waals surface area contributed by atoms with Crippen molar-refractivity contribution in [3.8, 4) is 11.5 Å². The minimum Gasteiger partial charge on any atom is -0.490 e. The number of ether oxygens (including phenoxy) is 2. The fourth-order valence-corrected chi connectivity index (χ4v) is 6.53. The summed E-state index contributed by atoms with van der Waals surface area (Å²) in [6.45, 7) is 5.19. The number of aliphatic imine (C=N–C) groups is 1. The molecule has 43 heavy (non-hydrogen) atoms. The van der Waals surface area contributed by atoms with E-state index in [4.69, 9.17) is 14.5 Å². The summed E-state index contributed by atoms with van der Waals surface area (Å²) in [4.78, 5) is 4.78. The molecule has 1 N–H and O–H groups in total. The fourth-order valence-electron chi connectivity index (χ4n) is 6.53. The number of aryl methyl sites for hydroxylation is 1. The maximum atomic E-state index is 6.25. The van der Waals surface area contributed by atoms with E-state index in [1.165, 1.54) is 33.2 Å². The molecule has 1 aliphatic heterocycles. The van der Waals surface area contributed by atoms with Gasteiger partial charge in [-0.05, 0) is 95.6 Å². The van der Waals surface area contributed by atoms with Gasteiger partial charge < -0.3 is 14.8 Å². The molecule has 1 aliphatic carbocycles. The standard InChI is InChI=1S/C39H36N2O2/c1-3-42-38-23-27(15-21-37(38)43-25-30-10-6-9-28-8-4-5-11-32(28)30)24-40-31-18-16-29(17-19-31)39-34-13-7-12-33(34)35-22-26(2)14-20-36(35)41-39/h4-12,14-24,33-34,39,41H,3,13,25H2,1-2H3/t33-,34-,39+/m1/s1. The third-order valence-corrected chi connectivity index (χ3v) is 8.66. The first-order valence-corrected chi connectivity index (χ1v) is 15.2. The van der Waals surface area contributed by atoms with Crippen LogP contribution in [-0.2, 0) is 6.61 Å². The van der Waals surface area contributed by atoms with Crippen LogP contribution in [0.25, 0.3) is 10.8 Å². The zero-order chi connectivity index (χ0) is 29.2. The van der Waals surface area contributed by atoms with Crippen molar-refractivity contribution in [3.05, 3.63) is 143 Å². The van der Waals surface area contributed by atoms with E-state index < -0.39 is 0 Å². The number of allylic oxidation sites excluding steroid dienone is 2. The molecule has 7 rings (SSSR count). The van der Waals surface area contributed by atoms with Crippen molar-refractivity contribution < 1.29 is 9.47 Å². The van der Waals surface area contributed by atoms with Gasteiger partial charge in [0.2, 0.25) is 0 Å². The Morgan fingerprint density at radius 3 is 2.60 bits per heavy atom. The van der Waals surface area contributed by atoms with Crippen LogP contribution in [0.5, 0.6) is 11.5 Å². The second-order valence-corrected chi connectivity index (χ2v) is 11.5. The van der Waals surface area contributed by atoms with Gasteiger partial charge in [-0.3, -0.25) is 4.99 Å². The molecular formula is C39H36N2O2. The van der Waals surface area contributed by atoms with Crippen LogP contribution >= 0.6 is 0 Å². The molecule has 5 aromatic rings. The Morgan fingerprint density at radius 2 is 1.72 bits per heavy atom. The molecule has 0 aromatic heterocycles. The zero-order valence-electron chi connectivity index (χ0n) is 24.7. The second kappa shape index (κ2) is 11.8. The van der Waals surface area contributed by atoms with E-state index in [-0.39, 0.29) is 6.04 Å². The van der Waals surface area contributed by atoms with Crippen LogP contribution in [0, 0.1) is 12.8 Å². The maximum Gasteiger partial charge on any atom is 0.161 e. The number of benzene rings is 5. The number of fused-ring (bicyclic) bond motifs is 4. The first kappa shape index (κ1) is 27.0. The summed E-state index contributed by atoms with van der Waals surface area (Å²) in [5.41, 5.74) is 8.33. The van der Waals surface area contributed by atoms with Crippen molar-refractivity contribution in [1.29, 1.82) is 0 Å². The van der Waals surface area contributed by atoms with Gasteiger partial charge in [-0.15, -0.1) is 0 Å². The molecule has 0 fully saturated rings. The number of hydrogen-bond acceptors (Lipinski definition) is 4. The Kier molecular flexibility index (Phi) is 7.42. The number of nitrogens with zero attached hydrogens (tertiary/aromatic N) is 1. The van der Waals surface area contributed by atoms with Crippen molar-refractivity contribution in [2.75, 3.05) is 11.9 Å². The number of hydrogen-bond donors (Lipinski definition) is 1. The van der Waals surface area contributed by atoms with Crippen molar-refractivity contribution in [3.63, 3.8) is 0 Å². The summed E-state index contributed by atoms with van der Waals surface area (Å²) in [7, 11) is 0. The molecule has 1 heterocycles. The van der Waals surface area contributed by atoms with E-state index in [0.717, 1.165) is 34.7 Å². The summed E-state index contributed by atoms with van der Waals surface area (Å²) >= 11 is 0. The molecule has 0 saturated carbocycles. The lowest BCUT2D eigenvalue weighted by Gasteiger charge is -2.37. The predicted octanol–water partition coefficient (Wildman–Crippen LogP) is 9.70. The van der Waals surface area contributed by atoms with Gasteiger partial charge in [0.25, 0.3) is 0 Å². The zero-order valence-corrected chi connectivity index (χ0v) is 24.7. The number of nitrogens with one attached hydrogen (secondary N) is 1. The van der Waals surface area contributed by atoms with E-state index >= 15 is 0 Å². The molecule has 4 nitrogen and oxygen atoms in total. The lowest BCUT2D eigenvalue weighted by molar-refractivity contribution is 0.270. The van der Waals surface area contributed by atoms with Crippen molar-refractivity contribution in [1.82, 2.24) is 0 Å². The topological polar surface area (TPSA) is 42.8 Å². The number of anilines is 1. The van der Waals surface area contributed by atoms with E-state index in [0.29, 0.717) is 25.0 Å². The molecule has 0 bridgehead atoms. The fraction of sp³-hybridized carbons (Fsp3) is 0.205. The highest BCUT2D eigenvalue weighted by Gasteiger charge is 2.37. The molecule has 214 valence electrons. The summed E-state index contributed by atoms with van der Waals surface area (Å²) in [5.74, 6) is 2.45. The van der Waals surface area contributed by atoms with Gasteiger partial charge >= 0.3 is 0 Å². The van der Waals surface area contributed by atoms with Crippen LogP contribution in [0.4, 0.5) is 11.4 Å². The van der Waals surface area contributed by atoms with Crippen molar-refractivity contribution in [2.45, 2.75) is 38.8 Å². The molecule has 0 radical (unpaired) electrons. The summed E-state index contributed by atoms with van der Waals surface area (Å²) in [6.07, 6.45) is 7.72. The Hall–Kier alpha value is -4.83. The SMILES string of the molecule is CCOc1cc(C=Nc2ccc([C@@H]3Nc4ccc(C)cc4[C@@H]4C=CC[C@H]43)cc2)ccc1OCc1cccc2ccccc12. The Labute approximate surface area is 253 Å². The second-order valence-electron chi connectivity index (χ2n) is 11.5. The Bertz CT molecular complexity index is 1820. The molecule has 2 aliphatic rings. The Morgan fingerprint density at radius 1 is 0.860 bits per heavy atom. The van der Waals surface area contributed by atoms with Gasteiger partial charge in [0.05, 0.1) is 18.3 Å². The van der Waals surface area contributed by atoms with E-state index in [9.17, 15) is 0 Å². The van der Waals surface area contributed by atoms with Gasteiger partial charge in [0.1, 0.15) is 6.61 Å². The average molecular weight is 565 g/mol. The van der Waals surface area contributed by atoms with Crippen LogP contribution in [0.15, 0.2) is 120 Å². The van der Waals surface area contributed by atoms with Crippen LogP contribution in [0.3, 0.4) is 0 Å². The molecular weight excluding hydrogens is 528 g/mol. The molecule has 4 heteroatoms. The van der Waals surface area contributed by atoms with Crippen molar-refractivity contribution >= 4 is 28.4 Å². The van der Waals surface area contributed by atoms with Gasteiger partial charge in [-0.1, -0.05) is 84.4 Å². The van der Waals surface area contributed by atoms with Gasteiger partial charge in [-0.2, -0.15) is 0 Å². The van der Waals surface area contributed by atoms with Crippen LogP contribution < -0.4 is 14.8 Å². The van der Waals surface area contributed by atoms with Crippen molar-refractivity contribution in [2.24, 2.45) is 10.9 Å². The normalized spacial score (nSPS) is 18.8. The monoisotopic (exact) mass is 564 g/mol. The highest BCUT2D eigenvalue weighted by Crippen LogP contribution is 2.50. The molecule has 3 atom stereocenters. The quantitative estimate of drug-likeness (QED) is 0.151. The van der Waals surface area contributed by atoms with Gasteiger partial charge in [-0.25, -0.2) is 0 Å². The first-order valence-electron chi connectivity index (χ1n) is 15.2. The van der Waals surface area contributed by atoms with E-state index in [2.05, 4.69) is 109 Å². The minimum absolute atomic E-state index is 0.281. The van der Waals surface area contributed by atoms with Gasteiger partial charge in [0, 0.05) is 17.8 Å². The third kappa shape index (κ3) is 5.53. The summed E-state index contributed by atoms with van der Waals surface area (Å²) in [6, 6.07) is 36.4. The minimum atomic E-state index is 0.281. The molecule has 0 saturated heterocycles. The van der Waals surface area contributed by atoms with Crippen LogP contribution in [-0.4, -0.2) is 12.8 Å². The summed E-state index contributed by atoms with van der Waals surface area (Å²) in [5, 5.41) is 6.25. The first-order chi connectivity index (χ1) is 21.2. The smallest absolute Gasteiger partial charge is 0.161 e. The highest BCUT2D eigenvalue weighted by molar-refractivity contribution is 5.85. The molecule has 5 aromatic carbocycles. The maximum absolute atomic E-state index is 6.25. The van der Waals surface area contributed by atoms with Crippen LogP contribution in [0.1, 0.15) is 53.1 Å². The lowest BCUT2D eigenvalue weighted by Crippen LogP contribution is -2.29. The molecule has 0 spiro atoms. The van der Waals surface area contributed by atoms with Gasteiger partial charge in [0.15, 0.2) is 11.5 Å². The van der Waals surface area contributed by atoms with E-state index in [1.54, 1.807) is 0 Å². The average Bonchev–Trinajstić information content (AvgIpc) is 3.54. The predicted molar refractivity (Wildman–Crippen MR) is 177 cm³/mol. The summed E-state index contributed by atoms with van der Waals surface area (Å²) < 4.78 is 12.2.